The molecule has 2 atom stereocenters. The van der Waals surface area contributed by atoms with Gasteiger partial charge in [0.1, 0.15) is 0 Å². The average Bonchev–Trinajstić information content (AvgIpc) is 2.94. The second-order valence-electron chi connectivity index (χ2n) is 8.58. The molecule has 0 bridgehead atoms. The van der Waals surface area contributed by atoms with E-state index in [1.165, 1.54) is 11.1 Å². The SMILES string of the molecule is Cc1cc2nc(N3CCC(C(=O)N[C@@H]4CS(=O)(=O)C[C@H]4O)CC3)nc(C)c2cc1C. The zero-order valence-corrected chi connectivity index (χ0v) is 18.4. The van der Waals surface area contributed by atoms with Crippen LogP contribution in [0.15, 0.2) is 12.1 Å². The van der Waals surface area contributed by atoms with Crippen molar-refractivity contribution in [3.05, 3.63) is 29.0 Å². The number of aromatic nitrogens is 2. The van der Waals surface area contributed by atoms with Crippen LogP contribution in [0.1, 0.15) is 29.7 Å². The Morgan fingerprint density at radius 1 is 1.10 bits per heavy atom. The van der Waals surface area contributed by atoms with Crippen LogP contribution in [0.5, 0.6) is 0 Å². The fourth-order valence-electron chi connectivity index (χ4n) is 4.28. The lowest BCUT2D eigenvalue weighted by Gasteiger charge is -2.32. The predicted molar refractivity (Wildman–Crippen MR) is 115 cm³/mol. The van der Waals surface area contributed by atoms with Gasteiger partial charge in [0.25, 0.3) is 0 Å². The lowest BCUT2D eigenvalue weighted by Crippen LogP contribution is -2.48. The summed E-state index contributed by atoms with van der Waals surface area (Å²) >= 11 is 0. The molecule has 2 saturated heterocycles. The van der Waals surface area contributed by atoms with Crippen LogP contribution in [0, 0.1) is 26.7 Å². The Morgan fingerprint density at radius 3 is 2.40 bits per heavy atom. The van der Waals surface area contributed by atoms with E-state index in [1.54, 1.807) is 0 Å². The van der Waals surface area contributed by atoms with Crippen molar-refractivity contribution in [3.63, 3.8) is 0 Å². The summed E-state index contributed by atoms with van der Waals surface area (Å²) in [5, 5.41) is 13.7. The molecule has 2 aliphatic heterocycles. The molecule has 1 aromatic heterocycles. The number of carbonyl (C=O) groups is 1. The summed E-state index contributed by atoms with van der Waals surface area (Å²) in [6.45, 7) is 7.45. The number of anilines is 1. The maximum atomic E-state index is 12.6. The monoisotopic (exact) mass is 432 g/mol. The van der Waals surface area contributed by atoms with Crippen LogP contribution >= 0.6 is 0 Å². The van der Waals surface area contributed by atoms with Crippen molar-refractivity contribution in [1.82, 2.24) is 15.3 Å². The Bertz CT molecular complexity index is 1090. The molecule has 0 radical (unpaired) electrons. The number of hydrogen-bond acceptors (Lipinski definition) is 7. The number of amides is 1. The maximum Gasteiger partial charge on any atom is 0.226 e. The molecule has 4 rings (SSSR count). The molecule has 1 aromatic carbocycles. The summed E-state index contributed by atoms with van der Waals surface area (Å²) in [6, 6.07) is 3.50. The van der Waals surface area contributed by atoms with Crippen LogP contribution in [-0.2, 0) is 14.6 Å². The molecule has 2 aliphatic rings. The van der Waals surface area contributed by atoms with Crippen molar-refractivity contribution in [2.75, 3.05) is 29.5 Å². The summed E-state index contributed by atoms with van der Waals surface area (Å²) in [5.41, 5.74) is 4.28. The number of aliphatic hydroxyl groups excluding tert-OH is 1. The molecule has 0 aliphatic carbocycles. The number of rotatable bonds is 3. The summed E-state index contributed by atoms with van der Waals surface area (Å²) in [7, 11) is -3.28. The van der Waals surface area contributed by atoms with Gasteiger partial charge in [0.05, 0.1) is 34.9 Å². The van der Waals surface area contributed by atoms with Gasteiger partial charge < -0.3 is 15.3 Å². The molecule has 9 heteroatoms. The summed E-state index contributed by atoms with van der Waals surface area (Å²) in [6.07, 6.45) is 0.240. The maximum absolute atomic E-state index is 12.6. The molecule has 2 aromatic rings. The highest BCUT2D eigenvalue weighted by Crippen LogP contribution is 2.26. The standard InChI is InChI=1S/C21H28N4O4S/c1-12-8-16-14(3)22-21(24-17(16)9-13(12)2)25-6-4-15(5-7-25)20(27)23-18-10-30(28,29)11-19(18)26/h8-9,15,18-19,26H,4-7,10-11H2,1-3H3,(H,23,27)/t18-,19-/m1/s1. The number of aryl methyl sites for hydroxylation is 3. The van der Waals surface area contributed by atoms with Gasteiger partial charge in [-0.3, -0.25) is 4.79 Å². The molecule has 2 fully saturated rings. The van der Waals surface area contributed by atoms with Crippen molar-refractivity contribution in [2.45, 2.75) is 45.8 Å². The largest absolute Gasteiger partial charge is 0.390 e. The van der Waals surface area contributed by atoms with E-state index in [9.17, 15) is 18.3 Å². The zero-order chi connectivity index (χ0) is 21.6. The molecule has 2 N–H and O–H groups in total. The molecule has 0 spiro atoms. The lowest BCUT2D eigenvalue weighted by molar-refractivity contribution is -0.126. The minimum absolute atomic E-state index is 0.183. The number of sulfone groups is 1. The summed E-state index contributed by atoms with van der Waals surface area (Å²) in [5.74, 6) is -0.185. The quantitative estimate of drug-likeness (QED) is 0.745. The van der Waals surface area contributed by atoms with Crippen molar-refractivity contribution < 1.29 is 18.3 Å². The highest BCUT2D eigenvalue weighted by atomic mass is 32.2. The van der Waals surface area contributed by atoms with Crippen LogP contribution in [0.4, 0.5) is 5.95 Å². The van der Waals surface area contributed by atoms with Crippen molar-refractivity contribution in [3.8, 4) is 0 Å². The third-order valence-corrected chi connectivity index (χ3v) is 8.01. The highest BCUT2D eigenvalue weighted by Gasteiger charge is 2.38. The molecule has 0 unspecified atom stereocenters. The number of aliphatic hydroxyl groups is 1. The topological polar surface area (TPSA) is 112 Å². The minimum Gasteiger partial charge on any atom is -0.390 e. The smallest absolute Gasteiger partial charge is 0.226 e. The first-order valence-electron chi connectivity index (χ1n) is 10.3. The second kappa shape index (κ2) is 7.77. The fraction of sp³-hybridized carbons (Fsp3) is 0.571. The van der Waals surface area contributed by atoms with Gasteiger partial charge in [0, 0.05) is 24.4 Å². The van der Waals surface area contributed by atoms with E-state index in [1.807, 2.05) is 6.92 Å². The normalized spacial score (nSPS) is 24.3. The van der Waals surface area contributed by atoms with Gasteiger partial charge in [-0.1, -0.05) is 0 Å². The van der Waals surface area contributed by atoms with Crippen LogP contribution in [0.3, 0.4) is 0 Å². The van der Waals surface area contributed by atoms with Crippen LogP contribution < -0.4 is 10.2 Å². The number of carbonyl (C=O) groups excluding carboxylic acids is 1. The van der Waals surface area contributed by atoms with Crippen LogP contribution in [0.2, 0.25) is 0 Å². The first-order chi connectivity index (χ1) is 14.1. The first kappa shape index (κ1) is 21.0. The van der Waals surface area contributed by atoms with E-state index in [4.69, 9.17) is 4.98 Å². The number of fused-ring (bicyclic) bond motifs is 1. The van der Waals surface area contributed by atoms with Crippen LogP contribution in [-0.4, -0.2) is 66.1 Å². The van der Waals surface area contributed by atoms with Gasteiger partial charge >= 0.3 is 0 Å². The Hall–Kier alpha value is -2.26. The van der Waals surface area contributed by atoms with E-state index in [-0.39, 0.29) is 23.3 Å². The zero-order valence-electron chi connectivity index (χ0n) is 17.6. The summed E-state index contributed by atoms with van der Waals surface area (Å²) < 4.78 is 23.3. The first-order valence-corrected chi connectivity index (χ1v) is 12.1. The van der Waals surface area contributed by atoms with Gasteiger partial charge in [-0.05, 0) is 56.9 Å². The predicted octanol–water partition coefficient (Wildman–Crippen LogP) is 1.05. The molecule has 30 heavy (non-hydrogen) atoms. The minimum atomic E-state index is -3.28. The van der Waals surface area contributed by atoms with E-state index in [0.717, 1.165) is 16.6 Å². The van der Waals surface area contributed by atoms with E-state index in [0.29, 0.717) is 31.9 Å². The number of nitrogens with one attached hydrogen (secondary N) is 1. The molecule has 1 amide bonds. The molecule has 0 saturated carbocycles. The van der Waals surface area contributed by atoms with E-state index >= 15 is 0 Å². The molecule has 8 nitrogen and oxygen atoms in total. The lowest BCUT2D eigenvalue weighted by atomic mass is 9.95. The van der Waals surface area contributed by atoms with Gasteiger partial charge in [0.2, 0.25) is 11.9 Å². The van der Waals surface area contributed by atoms with Gasteiger partial charge in [-0.2, -0.15) is 0 Å². The molecular formula is C21H28N4O4S. The Morgan fingerprint density at radius 2 is 1.77 bits per heavy atom. The highest BCUT2D eigenvalue weighted by molar-refractivity contribution is 7.91. The van der Waals surface area contributed by atoms with Gasteiger partial charge in [-0.25, -0.2) is 18.4 Å². The van der Waals surface area contributed by atoms with Crippen molar-refractivity contribution in [2.24, 2.45) is 5.92 Å². The molecule has 162 valence electrons. The Labute approximate surface area is 176 Å². The third-order valence-electron chi connectivity index (χ3n) is 6.29. The fourth-order valence-corrected chi connectivity index (χ4v) is 6.02. The van der Waals surface area contributed by atoms with E-state index in [2.05, 4.69) is 41.2 Å². The number of benzene rings is 1. The average molecular weight is 433 g/mol. The van der Waals surface area contributed by atoms with Crippen LogP contribution in [0.25, 0.3) is 10.9 Å². The number of hydrogen-bond donors (Lipinski definition) is 2. The van der Waals surface area contributed by atoms with Crippen molar-refractivity contribution >= 4 is 32.6 Å². The van der Waals surface area contributed by atoms with Gasteiger partial charge in [0.15, 0.2) is 9.84 Å². The van der Waals surface area contributed by atoms with E-state index < -0.39 is 22.0 Å². The summed E-state index contributed by atoms with van der Waals surface area (Å²) in [4.78, 5) is 24.1. The second-order valence-corrected chi connectivity index (χ2v) is 10.7. The Kier molecular flexibility index (Phi) is 5.44. The Balaban J connectivity index is 1.42. The molecular weight excluding hydrogens is 404 g/mol. The van der Waals surface area contributed by atoms with Gasteiger partial charge in [-0.15, -0.1) is 0 Å². The molecule has 3 heterocycles. The third kappa shape index (κ3) is 4.13. The van der Waals surface area contributed by atoms with Crippen molar-refractivity contribution in [1.29, 1.82) is 0 Å². The number of nitrogens with zero attached hydrogens (tertiary/aromatic N) is 3. The number of piperidine rings is 1.